The highest BCUT2D eigenvalue weighted by Crippen LogP contribution is 2.39. The second-order valence-corrected chi connectivity index (χ2v) is 7.84. The van der Waals surface area contributed by atoms with Gasteiger partial charge >= 0.3 is 0 Å². The lowest BCUT2D eigenvalue weighted by atomic mass is 9.59. The third-order valence-electron chi connectivity index (χ3n) is 4.43. The first-order valence-corrected chi connectivity index (χ1v) is 9.13. The zero-order valence-corrected chi connectivity index (χ0v) is 15.5. The molecule has 3 aromatic carbocycles. The van der Waals surface area contributed by atoms with Crippen molar-refractivity contribution >= 4 is 114 Å². The van der Waals surface area contributed by atoms with E-state index in [4.69, 9.17) is 39.2 Å². The second kappa shape index (κ2) is 6.14. The van der Waals surface area contributed by atoms with Crippen LogP contribution in [0.2, 0.25) is 0 Å². The molecule has 0 fully saturated rings. The molecule has 4 rings (SSSR count). The molecule has 25 heavy (non-hydrogen) atoms. The van der Waals surface area contributed by atoms with Crippen LogP contribution < -0.4 is 27.3 Å². The fourth-order valence-corrected chi connectivity index (χ4v) is 4.67. The molecule has 0 unspecified atom stereocenters. The van der Waals surface area contributed by atoms with Crippen LogP contribution in [0.25, 0.3) is 31.3 Å². The summed E-state index contributed by atoms with van der Waals surface area (Å²) in [7, 11) is 30.5. The summed E-state index contributed by atoms with van der Waals surface area (Å²) in [6.07, 6.45) is 0. The summed E-state index contributed by atoms with van der Waals surface area (Å²) in [5.41, 5.74) is 3.02. The molecule has 106 valence electrons. The average molecular weight is 388 g/mol. The van der Waals surface area contributed by atoms with Crippen molar-refractivity contribution in [1.82, 2.24) is 0 Å². The Hall–Kier alpha value is -1.32. The Morgan fingerprint density at radius 2 is 1.36 bits per heavy atom. The van der Waals surface area contributed by atoms with E-state index in [1.165, 1.54) is 10.1 Å². The smallest absolute Gasteiger partial charge is 0.113 e. The van der Waals surface area contributed by atoms with Gasteiger partial charge in [0.25, 0.3) is 0 Å². The van der Waals surface area contributed by atoms with Crippen molar-refractivity contribution in [2.75, 3.05) is 0 Å². The molecule has 0 spiro atoms. The summed E-state index contributed by atoms with van der Waals surface area (Å²) < 4.78 is 3.29. The summed E-state index contributed by atoms with van der Waals surface area (Å²) in [5.74, 6) is 0. The van der Waals surface area contributed by atoms with Crippen LogP contribution in [-0.4, -0.2) is 39.2 Å². The molecule has 0 saturated heterocycles. The van der Waals surface area contributed by atoms with Gasteiger partial charge in [-0.25, -0.2) is 0 Å². The van der Waals surface area contributed by atoms with E-state index in [0.717, 1.165) is 20.1 Å². The maximum absolute atomic E-state index is 6.25. The molecule has 0 amide bonds. The van der Waals surface area contributed by atoms with Gasteiger partial charge < -0.3 is 0 Å². The molecule has 0 saturated carbocycles. The Morgan fingerprint density at radius 3 is 2.04 bits per heavy atom. The van der Waals surface area contributed by atoms with Gasteiger partial charge in [-0.05, 0) is 29.3 Å². The third kappa shape index (κ3) is 2.55. The van der Waals surface area contributed by atoms with Crippen molar-refractivity contribution in [1.29, 1.82) is 0 Å². The Morgan fingerprint density at radius 1 is 0.720 bits per heavy atom. The van der Waals surface area contributed by atoms with Gasteiger partial charge in [0.05, 0.1) is 0 Å². The number of hydrogen-bond donors (Lipinski definition) is 0. The molecule has 0 N–H and O–H groups in total. The first-order chi connectivity index (χ1) is 11.9. The summed E-state index contributed by atoms with van der Waals surface area (Å²) in [6.45, 7) is 0. The second-order valence-electron chi connectivity index (χ2n) is 5.87. The van der Waals surface area contributed by atoms with Gasteiger partial charge in [-0.2, -0.15) is 0 Å². The minimum Gasteiger partial charge on any atom is -0.135 e. The molecule has 0 aliphatic carbocycles. The van der Waals surface area contributed by atoms with Crippen LogP contribution in [0.15, 0.2) is 40.9 Å². The Balaban J connectivity index is 2.15. The van der Waals surface area contributed by atoms with Crippen molar-refractivity contribution in [3.8, 4) is 11.1 Å². The fraction of sp³-hybridized carbons (Fsp3) is 0. The van der Waals surface area contributed by atoms with Crippen molar-refractivity contribution in [3.05, 3.63) is 40.9 Å². The van der Waals surface area contributed by atoms with Crippen LogP contribution in [0.1, 0.15) is 0 Å². The van der Waals surface area contributed by atoms with E-state index in [9.17, 15) is 0 Å². The monoisotopic (exact) mass is 388 g/mol. The predicted molar refractivity (Wildman–Crippen MR) is 119 cm³/mol. The number of rotatable bonds is 1. The number of benzene rings is 3. The van der Waals surface area contributed by atoms with Crippen LogP contribution in [0.3, 0.4) is 0 Å². The fourth-order valence-electron chi connectivity index (χ4n) is 3.11. The van der Waals surface area contributed by atoms with Crippen molar-refractivity contribution < 1.29 is 0 Å². The van der Waals surface area contributed by atoms with Crippen LogP contribution in [0.5, 0.6) is 0 Å². The van der Waals surface area contributed by atoms with Crippen molar-refractivity contribution in [3.63, 3.8) is 0 Å². The molecule has 0 aliphatic heterocycles. The van der Waals surface area contributed by atoms with Gasteiger partial charge in [-0.1, -0.05) is 45.1 Å². The average Bonchev–Trinajstić information content (AvgIpc) is 2.97. The Bertz CT molecular complexity index is 1140. The zero-order valence-electron chi connectivity index (χ0n) is 13.1. The SMILES string of the molecule is [B]c1c([B])c([B])c(-c2cccc3c2sc2ccc(Br)cc23)c([B])c1[B]. The van der Waals surface area contributed by atoms with E-state index < -0.39 is 0 Å². The van der Waals surface area contributed by atoms with Gasteiger partial charge in [0.15, 0.2) is 0 Å². The van der Waals surface area contributed by atoms with E-state index >= 15 is 0 Å². The van der Waals surface area contributed by atoms with Gasteiger partial charge in [-0.15, -0.1) is 27.7 Å². The molecule has 1 heterocycles. The quantitative estimate of drug-likeness (QED) is 0.416. The van der Waals surface area contributed by atoms with E-state index in [1.807, 2.05) is 18.2 Å². The largest absolute Gasteiger partial charge is 0.135 e. The van der Waals surface area contributed by atoms with Gasteiger partial charge in [0.1, 0.15) is 39.2 Å². The number of thiophene rings is 1. The number of hydrogen-bond acceptors (Lipinski definition) is 1. The zero-order chi connectivity index (χ0) is 17.9. The van der Waals surface area contributed by atoms with E-state index in [0.29, 0.717) is 16.5 Å². The minimum absolute atomic E-state index is 0.228. The Kier molecular flexibility index (Phi) is 4.20. The minimum atomic E-state index is 0.228. The highest BCUT2D eigenvalue weighted by atomic mass is 79.9. The van der Waals surface area contributed by atoms with Crippen molar-refractivity contribution in [2.45, 2.75) is 0 Å². The molecule has 0 nitrogen and oxygen atoms in total. The topological polar surface area (TPSA) is 0 Å². The van der Waals surface area contributed by atoms with Crippen LogP contribution in [0.4, 0.5) is 0 Å². The molecule has 10 radical (unpaired) electrons. The maximum atomic E-state index is 6.25. The van der Waals surface area contributed by atoms with Gasteiger partial charge in [0.2, 0.25) is 0 Å². The maximum Gasteiger partial charge on any atom is 0.113 e. The summed E-state index contributed by atoms with van der Waals surface area (Å²) in [5, 5.41) is 2.30. The normalized spacial score (nSPS) is 11.4. The molecular formula is C18H6B5BrS. The highest BCUT2D eigenvalue weighted by Gasteiger charge is 2.16. The van der Waals surface area contributed by atoms with Crippen LogP contribution in [0, 0.1) is 0 Å². The van der Waals surface area contributed by atoms with Gasteiger partial charge in [-0.3, -0.25) is 0 Å². The molecule has 0 atom stereocenters. The Labute approximate surface area is 165 Å². The standard InChI is InChI=1S/C18H6B5BrS/c19-13-12(14(20)16(22)17(23)15(13)21)9-3-1-2-8-10-6-7(24)4-5-11(10)25-18(8)9/h1-6H. The molecule has 1 aromatic heterocycles. The third-order valence-corrected chi connectivity index (χ3v) is 6.14. The molecule has 7 heteroatoms. The van der Waals surface area contributed by atoms with E-state index in [-0.39, 0.29) is 16.4 Å². The summed E-state index contributed by atoms with van der Waals surface area (Å²) >= 11 is 5.21. The number of fused-ring (bicyclic) bond motifs is 3. The molecular weight excluding hydrogens is 382 g/mol. The number of halogens is 1. The van der Waals surface area contributed by atoms with E-state index in [2.05, 4.69) is 34.1 Å². The lowest BCUT2D eigenvalue weighted by Gasteiger charge is -2.21. The lowest BCUT2D eigenvalue weighted by molar-refractivity contribution is 1.77. The molecule has 0 bridgehead atoms. The van der Waals surface area contributed by atoms with Gasteiger partial charge in [0, 0.05) is 24.6 Å². The highest BCUT2D eigenvalue weighted by molar-refractivity contribution is 9.10. The first-order valence-electron chi connectivity index (χ1n) is 7.52. The van der Waals surface area contributed by atoms with Crippen LogP contribution in [-0.2, 0) is 0 Å². The predicted octanol–water partition coefficient (Wildman–Crippen LogP) is 0.453. The van der Waals surface area contributed by atoms with Crippen LogP contribution >= 0.6 is 27.3 Å². The molecule has 0 aliphatic rings. The van der Waals surface area contributed by atoms with Crippen molar-refractivity contribution in [2.24, 2.45) is 0 Å². The van der Waals surface area contributed by atoms with E-state index in [1.54, 1.807) is 11.3 Å². The molecule has 4 aromatic rings. The first kappa shape index (κ1) is 17.1. The lowest BCUT2D eigenvalue weighted by Crippen LogP contribution is -2.55. The summed E-state index contributed by atoms with van der Waals surface area (Å²) in [6, 6.07) is 12.3. The summed E-state index contributed by atoms with van der Waals surface area (Å²) in [4.78, 5) is 0.